The lowest BCUT2D eigenvalue weighted by molar-refractivity contribution is -0.110. The van der Waals surface area contributed by atoms with Gasteiger partial charge in [-0.2, -0.15) is 0 Å². The number of hydrogen-bond donors (Lipinski definition) is 0. The van der Waals surface area contributed by atoms with Gasteiger partial charge >= 0.3 is 0 Å². The van der Waals surface area contributed by atoms with E-state index in [2.05, 4.69) is 0 Å². The van der Waals surface area contributed by atoms with Gasteiger partial charge in [0.05, 0.1) is 0 Å². The SMILES string of the molecule is CC1=CC(=O)C=CC1(C)CF. The van der Waals surface area contributed by atoms with E-state index in [-0.39, 0.29) is 5.78 Å². The van der Waals surface area contributed by atoms with Crippen LogP contribution in [0.2, 0.25) is 0 Å². The van der Waals surface area contributed by atoms with Gasteiger partial charge in [-0.15, -0.1) is 0 Å². The lowest BCUT2D eigenvalue weighted by Crippen LogP contribution is -2.21. The molecule has 0 spiro atoms. The topological polar surface area (TPSA) is 17.1 Å². The van der Waals surface area contributed by atoms with Gasteiger partial charge in [-0.05, 0) is 26.0 Å². The van der Waals surface area contributed by atoms with Crippen molar-refractivity contribution in [2.75, 3.05) is 6.67 Å². The average molecular weight is 154 g/mol. The van der Waals surface area contributed by atoms with Gasteiger partial charge in [0.15, 0.2) is 5.78 Å². The first-order chi connectivity index (χ1) is 5.08. The second kappa shape index (κ2) is 2.61. The maximum absolute atomic E-state index is 12.4. The van der Waals surface area contributed by atoms with E-state index >= 15 is 0 Å². The molecule has 0 aromatic rings. The number of allylic oxidation sites excluding steroid dienone is 4. The van der Waals surface area contributed by atoms with Crippen LogP contribution < -0.4 is 0 Å². The van der Waals surface area contributed by atoms with Crippen LogP contribution in [-0.2, 0) is 4.79 Å². The Kier molecular flexibility index (Phi) is 1.94. The third-order valence-electron chi connectivity index (χ3n) is 2.15. The fourth-order valence-electron chi connectivity index (χ4n) is 0.974. The van der Waals surface area contributed by atoms with E-state index in [1.807, 2.05) is 0 Å². The molecule has 11 heavy (non-hydrogen) atoms. The van der Waals surface area contributed by atoms with Crippen molar-refractivity contribution in [1.29, 1.82) is 0 Å². The zero-order valence-corrected chi connectivity index (χ0v) is 6.73. The van der Waals surface area contributed by atoms with Crippen molar-refractivity contribution in [2.24, 2.45) is 5.41 Å². The highest BCUT2D eigenvalue weighted by Crippen LogP contribution is 2.31. The molecule has 0 aliphatic heterocycles. The van der Waals surface area contributed by atoms with E-state index in [1.54, 1.807) is 19.9 Å². The number of hydrogen-bond acceptors (Lipinski definition) is 1. The Morgan fingerprint density at radius 2 is 2.27 bits per heavy atom. The van der Waals surface area contributed by atoms with Crippen LogP contribution in [0.15, 0.2) is 23.8 Å². The minimum Gasteiger partial charge on any atom is -0.290 e. The summed E-state index contributed by atoms with van der Waals surface area (Å²) >= 11 is 0. The molecule has 1 unspecified atom stereocenters. The zero-order valence-electron chi connectivity index (χ0n) is 6.73. The van der Waals surface area contributed by atoms with Crippen molar-refractivity contribution in [2.45, 2.75) is 13.8 Å². The summed E-state index contributed by atoms with van der Waals surface area (Å²) in [5, 5.41) is 0. The fraction of sp³-hybridized carbons (Fsp3) is 0.444. The fourth-order valence-corrected chi connectivity index (χ4v) is 0.974. The number of ketones is 1. The van der Waals surface area contributed by atoms with Crippen LogP contribution in [0.4, 0.5) is 4.39 Å². The van der Waals surface area contributed by atoms with Gasteiger partial charge in [0.2, 0.25) is 0 Å². The van der Waals surface area contributed by atoms with Gasteiger partial charge in [-0.1, -0.05) is 11.6 Å². The molecule has 0 bridgehead atoms. The minimum atomic E-state index is -0.548. The van der Waals surface area contributed by atoms with E-state index in [9.17, 15) is 9.18 Å². The highest BCUT2D eigenvalue weighted by atomic mass is 19.1. The van der Waals surface area contributed by atoms with E-state index in [0.29, 0.717) is 0 Å². The number of carbonyl (C=O) groups is 1. The van der Waals surface area contributed by atoms with Crippen LogP contribution in [0, 0.1) is 5.41 Å². The third kappa shape index (κ3) is 1.39. The molecule has 0 fully saturated rings. The molecule has 2 heteroatoms. The molecule has 1 nitrogen and oxygen atoms in total. The van der Waals surface area contributed by atoms with Crippen molar-refractivity contribution in [3.8, 4) is 0 Å². The predicted octanol–water partition coefficient (Wildman–Crippen LogP) is 2.05. The summed E-state index contributed by atoms with van der Waals surface area (Å²) < 4.78 is 12.4. The number of alkyl halides is 1. The summed E-state index contributed by atoms with van der Waals surface area (Å²) in [5.74, 6) is -0.0478. The van der Waals surface area contributed by atoms with Gasteiger partial charge < -0.3 is 0 Å². The average Bonchev–Trinajstić information content (AvgIpc) is 1.98. The first kappa shape index (κ1) is 8.18. The maximum Gasteiger partial charge on any atom is 0.178 e. The van der Waals surface area contributed by atoms with E-state index in [0.717, 1.165) is 5.57 Å². The van der Waals surface area contributed by atoms with Crippen molar-refractivity contribution in [3.63, 3.8) is 0 Å². The summed E-state index contributed by atoms with van der Waals surface area (Å²) in [6, 6.07) is 0. The molecule has 0 N–H and O–H groups in total. The molecule has 0 heterocycles. The molecular formula is C9H11FO. The molecule has 0 radical (unpaired) electrons. The van der Waals surface area contributed by atoms with Crippen molar-refractivity contribution in [3.05, 3.63) is 23.8 Å². The van der Waals surface area contributed by atoms with E-state index in [4.69, 9.17) is 0 Å². The second-order valence-corrected chi connectivity index (χ2v) is 3.11. The molecule has 1 aliphatic rings. The van der Waals surface area contributed by atoms with Gasteiger partial charge in [0, 0.05) is 5.41 Å². The van der Waals surface area contributed by atoms with Crippen LogP contribution in [0.5, 0.6) is 0 Å². The summed E-state index contributed by atoms with van der Waals surface area (Å²) in [4.78, 5) is 10.8. The van der Waals surface area contributed by atoms with Crippen molar-refractivity contribution < 1.29 is 9.18 Å². The number of rotatable bonds is 1. The number of carbonyl (C=O) groups excluding carboxylic acids is 1. The maximum atomic E-state index is 12.4. The Balaban J connectivity index is 2.96. The quantitative estimate of drug-likeness (QED) is 0.565. The molecule has 0 aromatic carbocycles. The second-order valence-electron chi connectivity index (χ2n) is 3.11. The smallest absolute Gasteiger partial charge is 0.178 e. The third-order valence-corrected chi connectivity index (χ3v) is 2.15. The van der Waals surface area contributed by atoms with E-state index in [1.165, 1.54) is 12.2 Å². The van der Waals surface area contributed by atoms with Crippen LogP contribution in [0.25, 0.3) is 0 Å². The Morgan fingerprint density at radius 1 is 1.64 bits per heavy atom. The van der Waals surface area contributed by atoms with E-state index < -0.39 is 12.1 Å². The van der Waals surface area contributed by atoms with Crippen LogP contribution in [0.1, 0.15) is 13.8 Å². The monoisotopic (exact) mass is 154 g/mol. The highest BCUT2D eigenvalue weighted by molar-refractivity contribution is 6.01. The van der Waals surface area contributed by atoms with Gasteiger partial charge in [0.1, 0.15) is 6.67 Å². The van der Waals surface area contributed by atoms with Crippen molar-refractivity contribution in [1.82, 2.24) is 0 Å². The Labute approximate surface area is 65.6 Å². The molecule has 0 saturated carbocycles. The minimum absolute atomic E-state index is 0.0478. The predicted molar refractivity (Wildman–Crippen MR) is 42.0 cm³/mol. The van der Waals surface area contributed by atoms with Crippen LogP contribution in [0.3, 0.4) is 0 Å². The van der Waals surface area contributed by atoms with Crippen LogP contribution >= 0.6 is 0 Å². The number of halogens is 1. The summed E-state index contributed by atoms with van der Waals surface area (Å²) in [7, 11) is 0. The zero-order chi connectivity index (χ0) is 8.48. The Hall–Kier alpha value is -0.920. The molecule has 1 aliphatic carbocycles. The lowest BCUT2D eigenvalue weighted by atomic mass is 9.80. The van der Waals surface area contributed by atoms with Gasteiger partial charge in [-0.25, -0.2) is 4.39 Å². The van der Waals surface area contributed by atoms with Crippen LogP contribution in [-0.4, -0.2) is 12.5 Å². The van der Waals surface area contributed by atoms with Crippen molar-refractivity contribution >= 4 is 5.78 Å². The lowest BCUT2D eigenvalue weighted by Gasteiger charge is -2.25. The molecule has 1 rings (SSSR count). The standard InChI is InChI=1S/C9H11FO/c1-7-5-8(11)3-4-9(7,2)6-10/h3-5H,6H2,1-2H3. The Bertz CT molecular complexity index is 240. The molecule has 60 valence electrons. The molecule has 0 aromatic heterocycles. The van der Waals surface area contributed by atoms with Gasteiger partial charge in [-0.3, -0.25) is 4.79 Å². The summed E-state index contributed by atoms with van der Waals surface area (Å²) in [6.45, 7) is 3.11. The largest absolute Gasteiger partial charge is 0.290 e. The molecule has 1 atom stereocenters. The first-order valence-electron chi connectivity index (χ1n) is 3.56. The molecule has 0 amide bonds. The summed E-state index contributed by atoms with van der Waals surface area (Å²) in [6.07, 6.45) is 4.54. The normalized spacial score (nSPS) is 30.5. The first-order valence-corrected chi connectivity index (χ1v) is 3.56. The molecular weight excluding hydrogens is 143 g/mol. The van der Waals surface area contributed by atoms with Gasteiger partial charge in [0.25, 0.3) is 0 Å². The Morgan fingerprint density at radius 3 is 2.73 bits per heavy atom. The highest BCUT2D eigenvalue weighted by Gasteiger charge is 2.26. The summed E-state index contributed by atoms with van der Waals surface area (Å²) in [5.41, 5.74) is 0.251. The molecule has 0 saturated heterocycles.